The van der Waals surface area contributed by atoms with E-state index in [2.05, 4.69) is 34.4 Å². The first-order valence-corrected chi connectivity index (χ1v) is 8.03. The van der Waals surface area contributed by atoms with Crippen molar-refractivity contribution < 1.29 is 0 Å². The minimum atomic E-state index is 0.266. The Kier molecular flexibility index (Phi) is 4.55. The summed E-state index contributed by atoms with van der Waals surface area (Å²) in [5.74, 6) is 1.28. The Bertz CT molecular complexity index is 829. The van der Waals surface area contributed by atoms with Crippen LogP contribution >= 0.6 is 23.2 Å². The largest absolute Gasteiger partial charge is 0.367 e. The number of benzene rings is 2. The molecule has 0 radical (unpaired) electrons. The average Bonchev–Trinajstić information content (AvgIpc) is 2.45. The topological polar surface area (TPSA) is 49.8 Å². The predicted octanol–water partition coefficient (Wildman–Crippen LogP) is 5.50. The number of rotatable bonds is 4. The summed E-state index contributed by atoms with van der Waals surface area (Å²) in [5, 5.41) is 8.61. The molecule has 3 rings (SSSR count). The molecule has 2 aromatic carbocycles. The van der Waals surface area contributed by atoms with Crippen LogP contribution < -0.4 is 10.6 Å². The molecule has 3 aromatic rings. The summed E-state index contributed by atoms with van der Waals surface area (Å²) in [6.07, 6.45) is 0. The Morgan fingerprint density at radius 2 is 1.65 bits per heavy atom. The minimum Gasteiger partial charge on any atom is -0.367 e. The fourth-order valence-corrected chi connectivity index (χ4v) is 2.80. The Balaban J connectivity index is 2.03. The molecule has 0 aliphatic rings. The van der Waals surface area contributed by atoms with Crippen LogP contribution in [0.3, 0.4) is 0 Å². The first-order chi connectivity index (χ1) is 11.0. The molecule has 23 heavy (non-hydrogen) atoms. The van der Waals surface area contributed by atoms with E-state index in [4.69, 9.17) is 23.2 Å². The Morgan fingerprint density at radius 3 is 2.35 bits per heavy atom. The van der Waals surface area contributed by atoms with Crippen LogP contribution in [0.1, 0.15) is 13.8 Å². The summed E-state index contributed by atoms with van der Waals surface area (Å²) < 4.78 is 0. The van der Waals surface area contributed by atoms with E-state index in [1.807, 2.05) is 24.3 Å². The number of fused-ring (bicyclic) bond motifs is 1. The molecule has 0 saturated carbocycles. The molecule has 0 atom stereocenters. The van der Waals surface area contributed by atoms with Crippen molar-refractivity contribution in [3.63, 3.8) is 0 Å². The van der Waals surface area contributed by atoms with Gasteiger partial charge in [0.15, 0.2) is 0 Å². The van der Waals surface area contributed by atoms with Gasteiger partial charge in [0.25, 0.3) is 0 Å². The second kappa shape index (κ2) is 6.60. The summed E-state index contributed by atoms with van der Waals surface area (Å²) in [5.41, 5.74) is 1.61. The van der Waals surface area contributed by atoms with Gasteiger partial charge in [0.1, 0.15) is 5.82 Å². The van der Waals surface area contributed by atoms with Crippen molar-refractivity contribution in [1.29, 1.82) is 0 Å². The number of anilines is 3. The van der Waals surface area contributed by atoms with Gasteiger partial charge in [0, 0.05) is 27.2 Å². The Hall–Kier alpha value is -2.04. The normalized spacial score (nSPS) is 11.0. The quantitative estimate of drug-likeness (QED) is 0.654. The van der Waals surface area contributed by atoms with Crippen LogP contribution in [0.15, 0.2) is 42.5 Å². The van der Waals surface area contributed by atoms with Gasteiger partial charge in [-0.25, -0.2) is 4.98 Å². The molecule has 0 bridgehead atoms. The van der Waals surface area contributed by atoms with Gasteiger partial charge >= 0.3 is 0 Å². The number of hydrogen-bond donors (Lipinski definition) is 2. The first kappa shape index (κ1) is 15.8. The van der Waals surface area contributed by atoms with Crippen molar-refractivity contribution in [3.05, 3.63) is 52.5 Å². The summed E-state index contributed by atoms with van der Waals surface area (Å²) in [7, 11) is 0. The van der Waals surface area contributed by atoms with Gasteiger partial charge in [-0.2, -0.15) is 4.98 Å². The Labute approximate surface area is 144 Å². The van der Waals surface area contributed by atoms with E-state index < -0.39 is 0 Å². The number of halogens is 2. The molecule has 1 aromatic heterocycles. The van der Waals surface area contributed by atoms with Crippen LogP contribution in [-0.2, 0) is 0 Å². The van der Waals surface area contributed by atoms with E-state index in [0.717, 1.165) is 22.4 Å². The molecule has 0 aliphatic carbocycles. The lowest BCUT2D eigenvalue weighted by Crippen LogP contribution is -2.12. The molecule has 118 valence electrons. The van der Waals surface area contributed by atoms with Crippen molar-refractivity contribution in [2.24, 2.45) is 0 Å². The third kappa shape index (κ3) is 3.84. The number of nitrogens with one attached hydrogen (secondary N) is 2. The van der Waals surface area contributed by atoms with Gasteiger partial charge in [-0.05, 0) is 44.2 Å². The highest BCUT2D eigenvalue weighted by Gasteiger charge is 2.09. The maximum absolute atomic E-state index is 6.03. The Morgan fingerprint density at radius 1 is 0.957 bits per heavy atom. The zero-order valence-electron chi connectivity index (χ0n) is 12.8. The molecule has 1 heterocycles. The van der Waals surface area contributed by atoms with E-state index in [-0.39, 0.29) is 6.04 Å². The highest BCUT2D eigenvalue weighted by molar-refractivity contribution is 6.35. The highest BCUT2D eigenvalue weighted by atomic mass is 35.5. The average molecular weight is 347 g/mol. The van der Waals surface area contributed by atoms with Crippen LogP contribution in [0.4, 0.5) is 17.5 Å². The molecular weight excluding hydrogens is 331 g/mol. The first-order valence-electron chi connectivity index (χ1n) is 7.28. The third-order valence-electron chi connectivity index (χ3n) is 3.15. The van der Waals surface area contributed by atoms with Crippen molar-refractivity contribution in [2.75, 3.05) is 10.6 Å². The fraction of sp³-hybridized carbons (Fsp3) is 0.176. The maximum Gasteiger partial charge on any atom is 0.229 e. The molecule has 6 heteroatoms. The van der Waals surface area contributed by atoms with Gasteiger partial charge in [0.05, 0.1) is 5.52 Å². The van der Waals surface area contributed by atoms with Crippen molar-refractivity contribution >= 4 is 51.6 Å². The van der Waals surface area contributed by atoms with Gasteiger partial charge in [-0.15, -0.1) is 0 Å². The second-order valence-electron chi connectivity index (χ2n) is 5.50. The smallest absolute Gasteiger partial charge is 0.229 e. The number of aromatic nitrogens is 2. The molecule has 2 N–H and O–H groups in total. The molecule has 0 amide bonds. The van der Waals surface area contributed by atoms with E-state index in [0.29, 0.717) is 16.0 Å². The van der Waals surface area contributed by atoms with Crippen LogP contribution in [0.5, 0.6) is 0 Å². The summed E-state index contributed by atoms with van der Waals surface area (Å²) in [6.45, 7) is 4.14. The lowest BCUT2D eigenvalue weighted by Gasteiger charge is -2.14. The summed E-state index contributed by atoms with van der Waals surface area (Å²) >= 11 is 12.1. The molecule has 0 fully saturated rings. The summed E-state index contributed by atoms with van der Waals surface area (Å²) in [4.78, 5) is 9.13. The molecule has 0 spiro atoms. The van der Waals surface area contributed by atoms with Crippen LogP contribution in [-0.4, -0.2) is 16.0 Å². The highest BCUT2D eigenvalue weighted by Crippen LogP contribution is 2.27. The van der Waals surface area contributed by atoms with Crippen LogP contribution in [0, 0.1) is 0 Å². The zero-order chi connectivity index (χ0) is 16.4. The van der Waals surface area contributed by atoms with Crippen molar-refractivity contribution in [3.8, 4) is 0 Å². The molecular formula is C17H16Cl2N4. The minimum absolute atomic E-state index is 0.266. The SMILES string of the molecule is CC(C)Nc1nc(Nc2cc(Cl)cc(Cl)c2)nc2ccccc12. The zero-order valence-corrected chi connectivity index (χ0v) is 14.3. The predicted molar refractivity (Wildman–Crippen MR) is 98.0 cm³/mol. The maximum atomic E-state index is 6.03. The van der Waals surface area contributed by atoms with Crippen LogP contribution in [0.25, 0.3) is 10.9 Å². The monoisotopic (exact) mass is 346 g/mol. The van der Waals surface area contributed by atoms with Crippen molar-refractivity contribution in [1.82, 2.24) is 9.97 Å². The number of hydrogen-bond acceptors (Lipinski definition) is 4. The van der Waals surface area contributed by atoms with E-state index in [1.54, 1.807) is 18.2 Å². The number of nitrogens with zero attached hydrogens (tertiary/aromatic N) is 2. The van der Waals surface area contributed by atoms with E-state index in [9.17, 15) is 0 Å². The summed E-state index contributed by atoms with van der Waals surface area (Å²) in [6, 6.07) is 13.4. The van der Waals surface area contributed by atoms with Gasteiger partial charge < -0.3 is 10.6 Å². The molecule has 0 unspecified atom stereocenters. The van der Waals surface area contributed by atoms with Gasteiger partial charge in [0.2, 0.25) is 5.95 Å². The van der Waals surface area contributed by atoms with E-state index >= 15 is 0 Å². The van der Waals surface area contributed by atoms with Crippen molar-refractivity contribution in [2.45, 2.75) is 19.9 Å². The van der Waals surface area contributed by atoms with E-state index in [1.165, 1.54) is 0 Å². The number of para-hydroxylation sites is 1. The van der Waals surface area contributed by atoms with Gasteiger partial charge in [-0.1, -0.05) is 35.3 Å². The lowest BCUT2D eigenvalue weighted by atomic mass is 10.2. The second-order valence-corrected chi connectivity index (χ2v) is 6.37. The van der Waals surface area contributed by atoms with Crippen LogP contribution in [0.2, 0.25) is 10.0 Å². The molecule has 0 saturated heterocycles. The lowest BCUT2D eigenvalue weighted by molar-refractivity contribution is 0.891. The fourth-order valence-electron chi connectivity index (χ4n) is 2.27. The third-order valence-corrected chi connectivity index (χ3v) is 3.58. The molecule has 4 nitrogen and oxygen atoms in total. The molecule has 0 aliphatic heterocycles. The standard InChI is InChI=1S/C17H16Cl2N4/c1-10(2)20-16-14-5-3-4-6-15(14)22-17(23-16)21-13-8-11(18)7-12(19)9-13/h3-10H,1-2H3,(H2,20,21,22,23). The van der Waals surface area contributed by atoms with Gasteiger partial charge in [-0.3, -0.25) is 0 Å².